The third-order valence-corrected chi connectivity index (χ3v) is 5.64. The van der Waals surface area contributed by atoms with Crippen molar-refractivity contribution in [1.82, 2.24) is 9.13 Å². The Kier molecular flexibility index (Phi) is 4.10. The number of rotatable bonds is 4. The maximum atomic E-state index is 6.57. The molecule has 0 atom stereocenters. The van der Waals surface area contributed by atoms with E-state index in [1.807, 2.05) is 12.1 Å². The zero-order valence-corrected chi connectivity index (χ0v) is 16.8. The monoisotopic (exact) mass is 400 g/mol. The molecule has 4 aromatic carbocycles. The summed E-state index contributed by atoms with van der Waals surface area (Å²) < 4.78 is 10.9. The second-order valence-electron chi connectivity index (χ2n) is 7.53. The van der Waals surface area contributed by atoms with Crippen LogP contribution in [0.5, 0.6) is 11.5 Å². The third-order valence-electron chi connectivity index (χ3n) is 5.64. The molecule has 0 aliphatic heterocycles. The lowest BCUT2D eigenvalue weighted by Crippen LogP contribution is -1.90. The number of hydrogen-bond donors (Lipinski definition) is 0. The largest absolute Gasteiger partial charge is 0.453 e. The summed E-state index contributed by atoms with van der Waals surface area (Å²) in [6, 6.07) is 37.4. The Hall–Kier alpha value is -4.24. The number of benzene rings is 4. The van der Waals surface area contributed by atoms with Gasteiger partial charge in [-0.15, -0.1) is 0 Å². The highest BCUT2D eigenvalue weighted by Crippen LogP contribution is 2.38. The van der Waals surface area contributed by atoms with Gasteiger partial charge < -0.3 is 13.9 Å². The molecule has 2 heterocycles. The van der Waals surface area contributed by atoms with Gasteiger partial charge in [-0.2, -0.15) is 0 Å². The summed E-state index contributed by atoms with van der Waals surface area (Å²) in [5.74, 6) is 1.69. The first-order valence-corrected chi connectivity index (χ1v) is 10.4. The van der Waals surface area contributed by atoms with E-state index in [-0.39, 0.29) is 0 Å². The Morgan fingerprint density at radius 1 is 0.419 bits per heavy atom. The highest BCUT2D eigenvalue weighted by molar-refractivity contribution is 5.91. The molecule has 148 valence electrons. The zero-order chi connectivity index (χ0) is 20.6. The van der Waals surface area contributed by atoms with Crippen LogP contribution >= 0.6 is 0 Å². The molecule has 0 bridgehead atoms. The van der Waals surface area contributed by atoms with E-state index in [1.54, 1.807) is 0 Å². The van der Waals surface area contributed by atoms with Gasteiger partial charge in [0.05, 0.1) is 23.4 Å². The van der Waals surface area contributed by atoms with E-state index in [1.165, 1.54) is 0 Å². The van der Waals surface area contributed by atoms with E-state index in [0.717, 1.165) is 44.7 Å². The molecule has 0 amide bonds. The molecule has 3 nitrogen and oxygen atoms in total. The SMILES string of the molecule is c1ccc(-n2cc(Oc3cn(-c4ccccc4)c4ccccc34)c3ccccc32)cc1. The number of aromatic nitrogens is 2. The van der Waals surface area contributed by atoms with Crippen LogP contribution in [0.2, 0.25) is 0 Å². The average molecular weight is 400 g/mol. The lowest BCUT2D eigenvalue weighted by atomic mass is 10.2. The van der Waals surface area contributed by atoms with Crippen LogP contribution < -0.4 is 4.74 Å². The Bertz CT molecular complexity index is 1380. The second-order valence-corrected chi connectivity index (χ2v) is 7.53. The quantitative estimate of drug-likeness (QED) is 0.302. The fraction of sp³-hybridized carbons (Fsp3) is 0. The van der Waals surface area contributed by atoms with Gasteiger partial charge in [-0.1, -0.05) is 60.7 Å². The van der Waals surface area contributed by atoms with Crippen LogP contribution in [0.3, 0.4) is 0 Å². The van der Waals surface area contributed by atoms with Crippen LogP contribution in [0, 0.1) is 0 Å². The van der Waals surface area contributed by atoms with Gasteiger partial charge in [0.2, 0.25) is 0 Å². The summed E-state index contributed by atoms with van der Waals surface area (Å²) in [5, 5.41) is 2.17. The Morgan fingerprint density at radius 2 is 0.806 bits per heavy atom. The van der Waals surface area contributed by atoms with Crippen molar-refractivity contribution in [2.24, 2.45) is 0 Å². The van der Waals surface area contributed by atoms with Crippen molar-refractivity contribution in [1.29, 1.82) is 0 Å². The van der Waals surface area contributed by atoms with Gasteiger partial charge in [0.1, 0.15) is 0 Å². The molecule has 6 rings (SSSR count). The molecule has 2 aromatic heterocycles. The fourth-order valence-electron chi connectivity index (χ4n) is 4.18. The van der Waals surface area contributed by atoms with Crippen LogP contribution in [-0.4, -0.2) is 9.13 Å². The molecular formula is C28H20N2O. The van der Waals surface area contributed by atoms with Crippen LogP contribution in [-0.2, 0) is 0 Å². The summed E-state index contributed by atoms with van der Waals surface area (Å²) >= 11 is 0. The normalized spacial score (nSPS) is 11.2. The van der Waals surface area contributed by atoms with Crippen LogP contribution in [0.25, 0.3) is 33.2 Å². The van der Waals surface area contributed by atoms with Gasteiger partial charge in [0.15, 0.2) is 11.5 Å². The number of ether oxygens (including phenoxy) is 1. The number of fused-ring (bicyclic) bond motifs is 2. The molecule has 0 spiro atoms. The second kappa shape index (κ2) is 7.22. The highest BCUT2D eigenvalue weighted by atomic mass is 16.5. The van der Waals surface area contributed by atoms with Crippen molar-refractivity contribution in [3.8, 4) is 22.9 Å². The predicted molar refractivity (Wildman–Crippen MR) is 127 cm³/mol. The van der Waals surface area contributed by atoms with E-state index < -0.39 is 0 Å². The fourth-order valence-corrected chi connectivity index (χ4v) is 4.18. The standard InChI is InChI=1S/C28H20N2O/c1-3-11-21(12-4-1)29-19-27(23-15-7-9-17-25(23)29)31-28-20-30(22-13-5-2-6-14-22)26-18-10-8-16-24(26)28/h1-20H. The van der Waals surface area contributed by atoms with E-state index in [0.29, 0.717) is 0 Å². The first-order chi connectivity index (χ1) is 15.4. The lowest BCUT2D eigenvalue weighted by molar-refractivity contribution is 0.492. The van der Waals surface area contributed by atoms with E-state index in [4.69, 9.17) is 4.74 Å². The van der Waals surface area contributed by atoms with Crippen molar-refractivity contribution >= 4 is 21.8 Å². The van der Waals surface area contributed by atoms with Crippen molar-refractivity contribution in [3.05, 3.63) is 122 Å². The summed E-state index contributed by atoms with van der Waals surface area (Å²) in [4.78, 5) is 0. The van der Waals surface area contributed by atoms with Gasteiger partial charge in [0, 0.05) is 22.1 Å². The van der Waals surface area contributed by atoms with Gasteiger partial charge in [-0.3, -0.25) is 0 Å². The first kappa shape index (κ1) is 17.6. The average Bonchev–Trinajstić information content (AvgIpc) is 3.40. The van der Waals surface area contributed by atoms with Crippen LogP contribution in [0.4, 0.5) is 0 Å². The summed E-state index contributed by atoms with van der Waals surface area (Å²) in [6.07, 6.45) is 4.16. The van der Waals surface area contributed by atoms with Gasteiger partial charge in [-0.05, 0) is 48.5 Å². The smallest absolute Gasteiger partial charge is 0.153 e. The number of para-hydroxylation sites is 4. The maximum absolute atomic E-state index is 6.57. The Labute approximate surface area is 180 Å². The molecule has 0 saturated carbocycles. The number of hydrogen-bond acceptors (Lipinski definition) is 1. The molecule has 6 aromatic rings. The molecule has 0 fully saturated rings. The third kappa shape index (κ3) is 2.99. The lowest BCUT2D eigenvalue weighted by Gasteiger charge is -2.04. The molecule has 3 heteroatoms. The van der Waals surface area contributed by atoms with Crippen molar-refractivity contribution in [2.75, 3.05) is 0 Å². The van der Waals surface area contributed by atoms with Crippen molar-refractivity contribution < 1.29 is 4.74 Å². The molecule has 0 aliphatic rings. The maximum Gasteiger partial charge on any atom is 0.153 e. The van der Waals surface area contributed by atoms with Gasteiger partial charge in [0.25, 0.3) is 0 Å². The van der Waals surface area contributed by atoms with E-state index in [2.05, 4.69) is 119 Å². The Morgan fingerprint density at radius 3 is 1.26 bits per heavy atom. The van der Waals surface area contributed by atoms with Crippen LogP contribution in [0.1, 0.15) is 0 Å². The minimum atomic E-state index is 0.843. The topological polar surface area (TPSA) is 19.1 Å². The first-order valence-electron chi connectivity index (χ1n) is 10.4. The van der Waals surface area contributed by atoms with Gasteiger partial charge in [-0.25, -0.2) is 0 Å². The summed E-state index contributed by atoms with van der Waals surface area (Å²) in [7, 11) is 0. The minimum absolute atomic E-state index is 0.843. The molecule has 0 unspecified atom stereocenters. The summed E-state index contributed by atoms with van der Waals surface area (Å²) in [5.41, 5.74) is 4.46. The molecule has 0 N–H and O–H groups in total. The molecule has 0 aliphatic carbocycles. The molecule has 31 heavy (non-hydrogen) atoms. The zero-order valence-electron chi connectivity index (χ0n) is 16.8. The van der Waals surface area contributed by atoms with Crippen LogP contribution in [0.15, 0.2) is 122 Å². The Balaban J connectivity index is 1.51. The molecule has 0 radical (unpaired) electrons. The highest BCUT2D eigenvalue weighted by Gasteiger charge is 2.15. The van der Waals surface area contributed by atoms with Crippen molar-refractivity contribution in [2.45, 2.75) is 0 Å². The van der Waals surface area contributed by atoms with E-state index in [9.17, 15) is 0 Å². The number of nitrogens with zero attached hydrogens (tertiary/aromatic N) is 2. The minimum Gasteiger partial charge on any atom is -0.453 e. The molecular weight excluding hydrogens is 380 g/mol. The van der Waals surface area contributed by atoms with Gasteiger partial charge >= 0.3 is 0 Å². The molecule has 0 saturated heterocycles. The summed E-state index contributed by atoms with van der Waals surface area (Å²) in [6.45, 7) is 0. The van der Waals surface area contributed by atoms with E-state index >= 15 is 0 Å². The van der Waals surface area contributed by atoms with Crippen molar-refractivity contribution in [3.63, 3.8) is 0 Å². The predicted octanol–water partition coefficient (Wildman–Crippen LogP) is 7.37.